The Labute approximate surface area is 92.5 Å². The van der Waals surface area contributed by atoms with E-state index in [9.17, 15) is 0 Å². The Kier molecular flexibility index (Phi) is 5.19. The fourth-order valence-corrected chi connectivity index (χ4v) is 1.93. The quantitative estimate of drug-likeness (QED) is 0.552. The van der Waals surface area contributed by atoms with Gasteiger partial charge in [-0.05, 0) is 24.1 Å². The summed E-state index contributed by atoms with van der Waals surface area (Å²) in [5.74, 6) is 0.620. The fourth-order valence-electron chi connectivity index (χ4n) is 0.612. The van der Waals surface area contributed by atoms with E-state index < -0.39 is 8.32 Å². The SMILES string of the molecule is C[C@H](CBr)CO[Si](C)(C)C(C)(C)C. The van der Waals surface area contributed by atoms with Crippen LogP contribution in [0.1, 0.15) is 27.7 Å². The van der Waals surface area contributed by atoms with Gasteiger partial charge in [0.1, 0.15) is 0 Å². The van der Waals surface area contributed by atoms with E-state index in [1.165, 1.54) is 0 Å². The molecule has 3 heteroatoms. The van der Waals surface area contributed by atoms with Gasteiger partial charge in [0.25, 0.3) is 0 Å². The smallest absolute Gasteiger partial charge is 0.191 e. The molecule has 0 amide bonds. The summed E-state index contributed by atoms with van der Waals surface area (Å²) < 4.78 is 6.06. The molecule has 1 atom stereocenters. The number of alkyl halides is 1. The van der Waals surface area contributed by atoms with Gasteiger partial charge in [-0.25, -0.2) is 0 Å². The summed E-state index contributed by atoms with van der Waals surface area (Å²) in [5.41, 5.74) is 0. The molecule has 0 aliphatic heterocycles. The highest BCUT2D eigenvalue weighted by Gasteiger charge is 2.37. The number of halogens is 1. The number of hydrogen-bond donors (Lipinski definition) is 0. The van der Waals surface area contributed by atoms with Gasteiger partial charge in [-0.15, -0.1) is 0 Å². The van der Waals surface area contributed by atoms with Gasteiger partial charge >= 0.3 is 0 Å². The lowest BCUT2D eigenvalue weighted by Crippen LogP contribution is -2.41. The molecule has 0 radical (unpaired) electrons. The second kappa shape index (κ2) is 4.94. The topological polar surface area (TPSA) is 9.23 Å². The molecule has 0 heterocycles. The van der Waals surface area contributed by atoms with Crippen LogP contribution in [0, 0.1) is 5.92 Å². The van der Waals surface area contributed by atoms with Crippen LogP contribution < -0.4 is 0 Å². The van der Waals surface area contributed by atoms with Crippen molar-refractivity contribution in [3.8, 4) is 0 Å². The number of hydrogen-bond acceptors (Lipinski definition) is 1. The molecule has 0 rings (SSSR count). The van der Waals surface area contributed by atoms with Gasteiger partial charge in [0.05, 0.1) is 0 Å². The third-order valence-corrected chi connectivity index (χ3v) is 8.40. The Bertz CT molecular complexity index is 151. The third kappa shape index (κ3) is 4.61. The highest BCUT2D eigenvalue weighted by molar-refractivity contribution is 9.09. The summed E-state index contributed by atoms with van der Waals surface area (Å²) in [4.78, 5) is 0. The molecule has 0 saturated heterocycles. The maximum atomic E-state index is 6.06. The molecule has 0 fully saturated rings. The van der Waals surface area contributed by atoms with Crippen molar-refractivity contribution >= 4 is 24.2 Å². The molecule has 0 aliphatic rings. The largest absolute Gasteiger partial charge is 0.417 e. The summed E-state index contributed by atoms with van der Waals surface area (Å²) in [7, 11) is -1.50. The maximum absolute atomic E-state index is 6.06. The van der Waals surface area contributed by atoms with Crippen molar-refractivity contribution in [2.45, 2.75) is 45.8 Å². The van der Waals surface area contributed by atoms with Crippen molar-refractivity contribution in [1.82, 2.24) is 0 Å². The van der Waals surface area contributed by atoms with Crippen molar-refractivity contribution in [2.24, 2.45) is 5.92 Å². The molecule has 0 bridgehead atoms. The first-order valence-electron chi connectivity index (χ1n) is 4.90. The second-order valence-corrected chi connectivity index (χ2v) is 10.8. The Morgan fingerprint density at radius 1 is 1.31 bits per heavy atom. The lowest BCUT2D eigenvalue weighted by molar-refractivity contribution is 0.250. The molecule has 0 aromatic rings. The average molecular weight is 267 g/mol. The van der Waals surface area contributed by atoms with Crippen molar-refractivity contribution in [2.75, 3.05) is 11.9 Å². The van der Waals surface area contributed by atoms with Crippen LogP contribution in [-0.2, 0) is 4.43 Å². The maximum Gasteiger partial charge on any atom is 0.191 e. The van der Waals surface area contributed by atoms with Crippen LogP contribution >= 0.6 is 15.9 Å². The Morgan fingerprint density at radius 3 is 2.08 bits per heavy atom. The van der Waals surface area contributed by atoms with E-state index in [4.69, 9.17) is 4.43 Å². The van der Waals surface area contributed by atoms with E-state index in [0.29, 0.717) is 11.0 Å². The number of rotatable bonds is 4. The first kappa shape index (κ1) is 13.7. The molecule has 80 valence electrons. The molecular weight excluding hydrogens is 244 g/mol. The van der Waals surface area contributed by atoms with Crippen molar-refractivity contribution < 1.29 is 4.43 Å². The van der Waals surface area contributed by atoms with Crippen molar-refractivity contribution in [3.05, 3.63) is 0 Å². The van der Waals surface area contributed by atoms with Gasteiger partial charge in [-0.1, -0.05) is 43.6 Å². The molecular formula is C10H23BrOSi. The minimum Gasteiger partial charge on any atom is -0.417 e. The summed E-state index contributed by atoms with van der Waals surface area (Å²) >= 11 is 3.47. The van der Waals surface area contributed by atoms with Gasteiger partial charge < -0.3 is 4.43 Å². The van der Waals surface area contributed by atoms with E-state index in [0.717, 1.165) is 11.9 Å². The van der Waals surface area contributed by atoms with Crippen molar-refractivity contribution in [1.29, 1.82) is 0 Å². The van der Waals surface area contributed by atoms with Gasteiger partial charge in [0.2, 0.25) is 0 Å². The van der Waals surface area contributed by atoms with Crippen LogP contribution in [0.25, 0.3) is 0 Å². The molecule has 0 unspecified atom stereocenters. The van der Waals surface area contributed by atoms with Crippen LogP contribution in [0.4, 0.5) is 0 Å². The lowest BCUT2D eigenvalue weighted by atomic mass is 10.2. The zero-order valence-electron chi connectivity index (χ0n) is 9.78. The summed E-state index contributed by atoms with van der Waals surface area (Å²) in [5, 5.41) is 1.36. The van der Waals surface area contributed by atoms with Gasteiger partial charge in [-0.2, -0.15) is 0 Å². The second-order valence-electron chi connectivity index (χ2n) is 5.33. The van der Waals surface area contributed by atoms with E-state index in [-0.39, 0.29) is 0 Å². The molecule has 0 spiro atoms. The molecule has 1 nitrogen and oxygen atoms in total. The van der Waals surface area contributed by atoms with Gasteiger partial charge in [0, 0.05) is 11.9 Å². The molecule has 0 N–H and O–H groups in total. The summed E-state index contributed by atoms with van der Waals surface area (Å²) in [6.07, 6.45) is 0. The van der Waals surface area contributed by atoms with Crippen LogP contribution in [0.15, 0.2) is 0 Å². The fraction of sp³-hybridized carbons (Fsp3) is 1.00. The van der Waals surface area contributed by atoms with E-state index in [1.54, 1.807) is 0 Å². The first-order valence-corrected chi connectivity index (χ1v) is 8.93. The van der Waals surface area contributed by atoms with Crippen molar-refractivity contribution in [3.63, 3.8) is 0 Å². The van der Waals surface area contributed by atoms with Gasteiger partial charge in [0.15, 0.2) is 8.32 Å². The van der Waals surface area contributed by atoms with Crippen LogP contribution in [-0.4, -0.2) is 20.3 Å². The highest BCUT2D eigenvalue weighted by Crippen LogP contribution is 2.36. The monoisotopic (exact) mass is 266 g/mol. The zero-order valence-corrected chi connectivity index (χ0v) is 12.4. The summed E-state index contributed by atoms with van der Waals surface area (Å²) in [6, 6.07) is 0. The normalized spacial score (nSPS) is 15.9. The molecule has 13 heavy (non-hydrogen) atoms. The van der Waals surface area contributed by atoms with E-state index >= 15 is 0 Å². The molecule has 0 saturated carbocycles. The predicted molar refractivity (Wildman–Crippen MR) is 66.1 cm³/mol. The third-order valence-electron chi connectivity index (χ3n) is 2.80. The lowest BCUT2D eigenvalue weighted by Gasteiger charge is -2.36. The molecule has 0 aromatic carbocycles. The standard InChI is InChI=1S/C10H23BrOSi/c1-9(7-11)8-12-13(5,6)10(2,3)4/h9H,7-8H2,1-6H3/t9-/m1/s1. The first-order chi connectivity index (χ1) is 5.70. The Morgan fingerprint density at radius 2 is 1.77 bits per heavy atom. The summed E-state index contributed by atoms with van der Waals surface area (Å²) in [6.45, 7) is 14.5. The van der Waals surface area contributed by atoms with Crippen LogP contribution in [0.5, 0.6) is 0 Å². The van der Waals surface area contributed by atoms with Crippen LogP contribution in [0.3, 0.4) is 0 Å². The zero-order chi connectivity index (χ0) is 10.7. The van der Waals surface area contributed by atoms with E-state index in [2.05, 4.69) is 56.7 Å². The predicted octanol–water partition coefficient (Wildman–Crippen LogP) is 4.04. The Balaban J connectivity index is 4.04. The van der Waals surface area contributed by atoms with E-state index in [1.807, 2.05) is 0 Å². The van der Waals surface area contributed by atoms with Crippen LogP contribution in [0.2, 0.25) is 18.1 Å². The van der Waals surface area contributed by atoms with Gasteiger partial charge in [-0.3, -0.25) is 0 Å². The Hall–Kier alpha value is 0.657. The minimum absolute atomic E-state index is 0.332. The average Bonchev–Trinajstić information content (AvgIpc) is 1.98. The molecule has 0 aromatic heterocycles. The minimum atomic E-state index is -1.50. The molecule has 0 aliphatic carbocycles. The highest BCUT2D eigenvalue weighted by atomic mass is 79.9.